The molecular formula is C19H24N4O2. The summed E-state index contributed by atoms with van der Waals surface area (Å²) in [7, 11) is 4.00. The Morgan fingerprint density at radius 1 is 1.08 bits per heavy atom. The SMILES string of the molecule is CC(=O)c1ccc(Nc2ccnc(C(=O)NCCCN(C)C)c2)cc1. The summed E-state index contributed by atoms with van der Waals surface area (Å²) in [5.74, 6) is -0.155. The number of nitrogens with zero attached hydrogens (tertiary/aromatic N) is 2. The number of aromatic nitrogens is 1. The van der Waals surface area contributed by atoms with Crippen molar-refractivity contribution in [3.8, 4) is 0 Å². The number of Topliss-reactive ketones (excluding diaryl/α,β-unsaturated/α-hetero) is 1. The molecule has 0 aliphatic rings. The normalized spacial score (nSPS) is 10.6. The lowest BCUT2D eigenvalue weighted by Crippen LogP contribution is -2.27. The molecule has 0 fully saturated rings. The van der Waals surface area contributed by atoms with E-state index in [9.17, 15) is 9.59 Å². The highest BCUT2D eigenvalue weighted by Crippen LogP contribution is 2.17. The number of carbonyl (C=O) groups is 2. The minimum Gasteiger partial charge on any atom is -0.355 e. The van der Waals surface area contributed by atoms with Crippen LogP contribution in [0.1, 0.15) is 34.2 Å². The molecule has 25 heavy (non-hydrogen) atoms. The van der Waals surface area contributed by atoms with Gasteiger partial charge < -0.3 is 15.5 Å². The lowest BCUT2D eigenvalue weighted by Gasteiger charge is -2.10. The Balaban J connectivity index is 1.96. The molecule has 0 atom stereocenters. The number of amides is 1. The number of anilines is 2. The second kappa shape index (κ2) is 8.94. The van der Waals surface area contributed by atoms with E-state index in [2.05, 4.69) is 20.5 Å². The Labute approximate surface area is 148 Å². The number of rotatable bonds is 8. The monoisotopic (exact) mass is 340 g/mol. The maximum atomic E-state index is 12.2. The predicted octanol–water partition coefficient (Wildman–Crippen LogP) is 2.71. The van der Waals surface area contributed by atoms with Gasteiger partial charge in [0.2, 0.25) is 0 Å². The second-order valence-electron chi connectivity index (χ2n) is 6.10. The smallest absolute Gasteiger partial charge is 0.269 e. The Bertz CT molecular complexity index is 726. The van der Waals surface area contributed by atoms with Gasteiger partial charge in [-0.2, -0.15) is 0 Å². The van der Waals surface area contributed by atoms with E-state index in [-0.39, 0.29) is 11.7 Å². The molecule has 2 aromatic rings. The van der Waals surface area contributed by atoms with Gasteiger partial charge in [-0.25, -0.2) is 0 Å². The van der Waals surface area contributed by atoms with Gasteiger partial charge in [0.25, 0.3) is 5.91 Å². The average Bonchev–Trinajstić information content (AvgIpc) is 2.59. The molecule has 1 aromatic heterocycles. The molecule has 132 valence electrons. The summed E-state index contributed by atoms with van der Waals surface area (Å²) in [4.78, 5) is 29.7. The molecule has 0 radical (unpaired) electrons. The highest BCUT2D eigenvalue weighted by atomic mass is 16.1. The van der Waals surface area contributed by atoms with Crippen molar-refractivity contribution in [2.75, 3.05) is 32.5 Å². The third-order valence-electron chi connectivity index (χ3n) is 3.64. The summed E-state index contributed by atoms with van der Waals surface area (Å²) < 4.78 is 0. The van der Waals surface area contributed by atoms with Crippen molar-refractivity contribution < 1.29 is 9.59 Å². The zero-order chi connectivity index (χ0) is 18.2. The fourth-order valence-electron chi connectivity index (χ4n) is 2.28. The second-order valence-corrected chi connectivity index (χ2v) is 6.10. The van der Waals surface area contributed by atoms with Gasteiger partial charge in [0.1, 0.15) is 5.69 Å². The number of pyridine rings is 1. The van der Waals surface area contributed by atoms with Gasteiger partial charge >= 0.3 is 0 Å². The first-order valence-electron chi connectivity index (χ1n) is 8.22. The zero-order valence-electron chi connectivity index (χ0n) is 14.9. The Hall–Kier alpha value is -2.73. The summed E-state index contributed by atoms with van der Waals surface area (Å²) in [5, 5.41) is 6.08. The Kier molecular flexibility index (Phi) is 6.65. The maximum absolute atomic E-state index is 12.2. The molecule has 1 amide bonds. The molecule has 0 bridgehead atoms. The largest absolute Gasteiger partial charge is 0.355 e. The van der Waals surface area contributed by atoms with E-state index in [1.807, 2.05) is 26.2 Å². The third kappa shape index (κ3) is 6.00. The zero-order valence-corrected chi connectivity index (χ0v) is 14.9. The molecule has 1 aromatic carbocycles. The number of hydrogen-bond acceptors (Lipinski definition) is 5. The van der Waals surface area contributed by atoms with Crippen molar-refractivity contribution in [3.05, 3.63) is 53.9 Å². The van der Waals surface area contributed by atoms with E-state index in [0.717, 1.165) is 24.3 Å². The van der Waals surface area contributed by atoms with Gasteiger partial charge in [-0.05, 0) is 70.4 Å². The van der Waals surface area contributed by atoms with E-state index >= 15 is 0 Å². The van der Waals surface area contributed by atoms with E-state index in [0.29, 0.717) is 17.8 Å². The van der Waals surface area contributed by atoms with E-state index in [4.69, 9.17) is 0 Å². The molecule has 2 N–H and O–H groups in total. The van der Waals surface area contributed by atoms with Crippen molar-refractivity contribution in [2.45, 2.75) is 13.3 Å². The van der Waals surface area contributed by atoms with Gasteiger partial charge in [0.05, 0.1) is 0 Å². The lowest BCUT2D eigenvalue weighted by molar-refractivity contribution is 0.0946. The van der Waals surface area contributed by atoms with Gasteiger partial charge in [-0.1, -0.05) is 0 Å². The van der Waals surface area contributed by atoms with Crippen LogP contribution in [-0.2, 0) is 0 Å². The van der Waals surface area contributed by atoms with Crippen molar-refractivity contribution in [2.24, 2.45) is 0 Å². The highest BCUT2D eigenvalue weighted by Gasteiger charge is 2.08. The van der Waals surface area contributed by atoms with Crippen LogP contribution in [-0.4, -0.2) is 48.8 Å². The highest BCUT2D eigenvalue weighted by molar-refractivity contribution is 5.94. The van der Waals surface area contributed by atoms with Crippen LogP contribution in [0.5, 0.6) is 0 Å². The molecule has 6 nitrogen and oxygen atoms in total. The van der Waals surface area contributed by atoms with Crippen LogP contribution in [0.15, 0.2) is 42.6 Å². The minimum absolute atomic E-state index is 0.0312. The number of ketones is 1. The van der Waals surface area contributed by atoms with Crippen molar-refractivity contribution >= 4 is 23.1 Å². The van der Waals surface area contributed by atoms with Crippen LogP contribution in [0.2, 0.25) is 0 Å². The summed E-state index contributed by atoms with van der Waals surface area (Å²) in [5.41, 5.74) is 2.64. The van der Waals surface area contributed by atoms with Crippen LogP contribution in [0.3, 0.4) is 0 Å². The molecule has 0 saturated heterocycles. The third-order valence-corrected chi connectivity index (χ3v) is 3.64. The topological polar surface area (TPSA) is 74.3 Å². The summed E-state index contributed by atoms with van der Waals surface area (Å²) in [6.45, 7) is 3.07. The van der Waals surface area contributed by atoms with Crippen LogP contribution in [0.4, 0.5) is 11.4 Å². The molecule has 1 heterocycles. The molecule has 0 spiro atoms. The molecule has 0 aliphatic heterocycles. The molecule has 0 saturated carbocycles. The van der Waals surface area contributed by atoms with Crippen molar-refractivity contribution in [1.82, 2.24) is 15.2 Å². The molecule has 0 unspecified atom stereocenters. The summed E-state index contributed by atoms with van der Waals surface area (Å²) >= 11 is 0. The summed E-state index contributed by atoms with van der Waals surface area (Å²) in [6.07, 6.45) is 2.49. The Morgan fingerprint density at radius 3 is 2.44 bits per heavy atom. The van der Waals surface area contributed by atoms with Gasteiger partial charge in [0, 0.05) is 29.7 Å². The van der Waals surface area contributed by atoms with Gasteiger partial charge in [0.15, 0.2) is 5.78 Å². The Morgan fingerprint density at radius 2 is 1.80 bits per heavy atom. The molecule has 2 rings (SSSR count). The van der Waals surface area contributed by atoms with E-state index in [1.165, 1.54) is 6.92 Å². The number of hydrogen-bond donors (Lipinski definition) is 2. The van der Waals surface area contributed by atoms with Gasteiger partial charge in [-0.3, -0.25) is 14.6 Å². The van der Waals surface area contributed by atoms with Crippen LogP contribution < -0.4 is 10.6 Å². The lowest BCUT2D eigenvalue weighted by atomic mass is 10.1. The number of nitrogens with one attached hydrogen (secondary N) is 2. The fourth-order valence-corrected chi connectivity index (χ4v) is 2.28. The standard InChI is InChI=1S/C19H24N4O2/c1-14(24)15-5-7-16(8-6-15)22-17-9-11-20-18(13-17)19(25)21-10-4-12-23(2)3/h5-9,11,13H,4,10,12H2,1-3H3,(H,20,22)(H,21,25). The molecule has 6 heteroatoms. The number of benzene rings is 1. The van der Waals surface area contributed by atoms with Gasteiger partial charge in [-0.15, -0.1) is 0 Å². The number of carbonyl (C=O) groups excluding carboxylic acids is 2. The van der Waals surface area contributed by atoms with E-state index in [1.54, 1.807) is 30.5 Å². The predicted molar refractivity (Wildman–Crippen MR) is 99.5 cm³/mol. The molecular weight excluding hydrogens is 316 g/mol. The molecule has 0 aliphatic carbocycles. The maximum Gasteiger partial charge on any atom is 0.269 e. The van der Waals surface area contributed by atoms with Crippen LogP contribution in [0.25, 0.3) is 0 Å². The van der Waals surface area contributed by atoms with E-state index < -0.39 is 0 Å². The first kappa shape index (κ1) is 18.6. The first-order chi connectivity index (χ1) is 12.0. The fraction of sp³-hybridized carbons (Fsp3) is 0.316. The summed E-state index contributed by atoms with van der Waals surface area (Å²) in [6, 6.07) is 10.7. The quantitative estimate of drug-likeness (QED) is 0.571. The van der Waals surface area contributed by atoms with Crippen LogP contribution in [0, 0.1) is 0 Å². The average molecular weight is 340 g/mol. The van der Waals surface area contributed by atoms with Crippen LogP contribution >= 0.6 is 0 Å². The van der Waals surface area contributed by atoms with Crippen molar-refractivity contribution in [1.29, 1.82) is 0 Å². The first-order valence-corrected chi connectivity index (χ1v) is 8.22. The van der Waals surface area contributed by atoms with Crippen molar-refractivity contribution in [3.63, 3.8) is 0 Å². The minimum atomic E-state index is -0.186.